The lowest BCUT2D eigenvalue weighted by molar-refractivity contribution is 0.156. The SMILES string of the molecule is CCC(c1ccccn1)N1CCCCC1. The highest BCUT2D eigenvalue weighted by Crippen LogP contribution is 2.25. The summed E-state index contributed by atoms with van der Waals surface area (Å²) in [5, 5.41) is 0. The average Bonchev–Trinajstić information content (AvgIpc) is 2.33. The van der Waals surface area contributed by atoms with Gasteiger partial charge in [0.2, 0.25) is 0 Å². The number of rotatable bonds is 3. The fourth-order valence-electron chi connectivity index (χ4n) is 2.46. The molecule has 0 aliphatic carbocycles. The first kappa shape index (κ1) is 10.6. The molecule has 0 radical (unpaired) electrons. The predicted molar refractivity (Wildman–Crippen MR) is 62.7 cm³/mol. The highest BCUT2D eigenvalue weighted by atomic mass is 15.2. The first-order valence-electron chi connectivity index (χ1n) is 6.07. The molecule has 1 aromatic heterocycles. The summed E-state index contributed by atoms with van der Waals surface area (Å²) >= 11 is 0. The molecule has 1 saturated heterocycles. The third kappa shape index (κ3) is 2.57. The number of aromatic nitrogens is 1. The van der Waals surface area contributed by atoms with Gasteiger partial charge in [0.05, 0.1) is 11.7 Å². The molecule has 0 bridgehead atoms. The van der Waals surface area contributed by atoms with Crippen molar-refractivity contribution in [3.05, 3.63) is 30.1 Å². The lowest BCUT2D eigenvalue weighted by Crippen LogP contribution is -2.33. The molecule has 1 fully saturated rings. The molecule has 1 aliphatic rings. The number of nitrogens with zero attached hydrogens (tertiary/aromatic N) is 2. The Kier molecular flexibility index (Phi) is 3.73. The van der Waals surface area contributed by atoms with E-state index in [-0.39, 0.29) is 0 Å². The predicted octanol–water partition coefficient (Wildman–Crippen LogP) is 3.02. The molecule has 2 heterocycles. The van der Waals surface area contributed by atoms with E-state index in [2.05, 4.69) is 28.9 Å². The molecule has 0 spiro atoms. The third-order valence-corrected chi connectivity index (χ3v) is 3.25. The van der Waals surface area contributed by atoms with Crippen LogP contribution in [0.1, 0.15) is 44.3 Å². The molecule has 1 unspecified atom stereocenters. The highest BCUT2D eigenvalue weighted by Gasteiger charge is 2.20. The van der Waals surface area contributed by atoms with E-state index in [1.807, 2.05) is 12.3 Å². The van der Waals surface area contributed by atoms with Crippen LogP contribution in [-0.4, -0.2) is 23.0 Å². The molecule has 2 nitrogen and oxygen atoms in total. The summed E-state index contributed by atoms with van der Waals surface area (Å²) in [5.74, 6) is 0. The molecule has 0 saturated carbocycles. The summed E-state index contributed by atoms with van der Waals surface area (Å²) in [6, 6.07) is 6.77. The van der Waals surface area contributed by atoms with Crippen LogP contribution < -0.4 is 0 Å². The van der Waals surface area contributed by atoms with Gasteiger partial charge in [-0.3, -0.25) is 9.88 Å². The van der Waals surface area contributed by atoms with E-state index in [4.69, 9.17) is 0 Å². The van der Waals surface area contributed by atoms with Gasteiger partial charge in [-0.05, 0) is 44.5 Å². The van der Waals surface area contributed by atoms with Crippen LogP contribution in [0.5, 0.6) is 0 Å². The molecule has 0 aromatic carbocycles. The zero-order chi connectivity index (χ0) is 10.5. The smallest absolute Gasteiger partial charge is 0.0575 e. The van der Waals surface area contributed by atoms with Gasteiger partial charge in [-0.15, -0.1) is 0 Å². The second-order valence-corrected chi connectivity index (χ2v) is 4.28. The molecule has 2 rings (SSSR count). The van der Waals surface area contributed by atoms with Crippen molar-refractivity contribution in [3.63, 3.8) is 0 Å². The van der Waals surface area contributed by atoms with Gasteiger partial charge in [0, 0.05) is 6.20 Å². The summed E-state index contributed by atoms with van der Waals surface area (Å²) in [6.45, 7) is 4.75. The Balaban J connectivity index is 2.09. The number of piperidine rings is 1. The second kappa shape index (κ2) is 5.26. The first-order chi connectivity index (χ1) is 7.42. The Labute approximate surface area is 92.3 Å². The van der Waals surface area contributed by atoms with Crippen LogP contribution in [0.2, 0.25) is 0 Å². The van der Waals surface area contributed by atoms with Crippen molar-refractivity contribution >= 4 is 0 Å². The average molecular weight is 204 g/mol. The van der Waals surface area contributed by atoms with Crippen LogP contribution in [0.4, 0.5) is 0 Å². The molecule has 15 heavy (non-hydrogen) atoms. The van der Waals surface area contributed by atoms with E-state index in [9.17, 15) is 0 Å². The van der Waals surface area contributed by atoms with Gasteiger partial charge in [-0.25, -0.2) is 0 Å². The van der Waals surface area contributed by atoms with Crippen molar-refractivity contribution in [2.75, 3.05) is 13.1 Å². The van der Waals surface area contributed by atoms with Crippen LogP contribution in [-0.2, 0) is 0 Å². The molecule has 1 aromatic rings. The minimum absolute atomic E-state index is 0.534. The van der Waals surface area contributed by atoms with E-state index in [0.717, 1.165) is 6.42 Å². The van der Waals surface area contributed by atoms with Gasteiger partial charge >= 0.3 is 0 Å². The minimum Gasteiger partial charge on any atom is -0.295 e. The quantitative estimate of drug-likeness (QED) is 0.752. The maximum Gasteiger partial charge on any atom is 0.0575 e. The van der Waals surface area contributed by atoms with Gasteiger partial charge < -0.3 is 0 Å². The summed E-state index contributed by atoms with van der Waals surface area (Å²) in [7, 11) is 0. The number of likely N-dealkylation sites (tertiary alicyclic amines) is 1. The van der Waals surface area contributed by atoms with Crippen molar-refractivity contribution in [1.29, 1.82) is 0 Å². The Bertz CT molecular complexity index is 278. The van der Waals surface area contributed by atoms with Crippen LogP contribution in [0.3, 0.4) is 0 Å². The highest BCUT2D eigenvalue weighted by molar-refractivity contribution is 5.09. The molecule has 0 N–H and O–H groups in total. The van der Waals surface area contributed by atoms with Crippen LogP contribution in [0.25, 0.3) is 0 Å². The monoisotopic (exact) mass is 204 g/mol. The standard InChI is InChI=1S/C13H20N2/c1-2-13(12-8-4-5-9-14-12)15-10-6-3-7-11-15/h4-5,8-9,13H,2-3,6-7,10-11H2,1H3. The van der Waals surface area contributed by atoms with Crippen molar-refractivity contribution in [2.24, 2.45) is 0 Å². The van der Waals surface area contributed by atoms with Crippen LogP contribution in [0.15, 0.2) is 24.4 Å². The largest absolute Gasteiger partial charge is 0.295 e. The van der Waals surface area contributed by atoms with Gasteiger partial charge in [-0.1, -0.05) is 19.4 Å². The van der Waals surface area contributed by atoms with Gasteiger partial charge in [0.1, 0.15) is 0 Å². The Hall–Kier alpha value is -0.890. The molecule has 82 valence electrons. The van der Waals surface area contributed by atoms with Crippen LogP contribution in [0, 0.1) is 0 Å². The molecule has 1 aliphatic heterocycles. The second-order valence-electron chi connectivity index (χ2n) is 4.28. The number of hydrogen-bond donors (Lipinski definition) is 0. The summed E-state index contributed by atoms with van der Waals surface area (Å²) in [4.78, 5) is 7.07. The number of hydrogen-bond acceptors (Lipinski definition) is 2. The molecular weight excluding hydrogens is 184 g/mol. The Morgan fingerprint density at radius 2 is 2.07 bits per heavy atom. The molecule has 2 heteroatoms. The maximum atomic E-state index is 4.48. The maximum absolute atomic E-state index is 4.48. The van der Waals surface area contributed by atoms with Crippen molar-refractivity contribution in [1.82, 2.24) is 9.88 Å². The summed E-state index contributed by atoms with van der Waals surface area (Å²) in [5.41, 5.74) is 1.24. The lowest BCUT2D eigenvalue weighted by atomic mass is 10.0. The van der Waals surface area contributed by atoms with Crippen LogP contribution >= 0.6 is 0 Å². The molecule has 0 amide bonds. The van der Waals surface area contributed by atoms with E-state index in [1.54, 1.807) is 0 Å². The minimum atomic E-state index is 0.534. The number of pyridine rings is 1. The Morgan fingerprint density at radius 3 is 2.67 bits per heavy atom. The zero-order valence-corrected chi connectivity index (χ0v) is 9.52. The van der Waals surface area contributed by atoms with E-state index in [1.165, 1.54) is 38.0 Å². The lowest BCUT2D eigenvalue weighted by Gasteiger charge is -2.33. The van der Waals surface area contributed by atoms with Gasteiger partial charge in [-0.2, -0.15) is 0 Å². The summed E-state index contributed by atoms with van der Waals surface area (Å²) < 4.78 is 0. The van der Waals surface area contributed by atoms with E-state index in [0.29, 0.717) is 6.04 Å². The van der Waals surface area contributed by atoms with Gasteiger partial charge in [0.15, 0.2) is 0 Å². The van der Waals surface area contributed by atoms with Crippen molar-refractivity contribution in [2.45, 2.75) is 38.6 Å². The van der Waals surface area contributed by atoms with E-state index < -0.39 is 0 Å². The third-order valence-electron chi connectivity index (χ3n) is 3.25. The normalized spacial score (nSPS) is 20.1. The van der Waals surface area contributed by atoms with E-state index >= 15 is 0 Å². The zero-order valence-electron chi connectivity index (χ0n) is 9.52. The first-order valence-corrected chi connectivity index (χ1v) is 6.07. The molecule has 1 atom stereocenters. The fraction of sp³-hybridized carbons (Fsp3) is 0.615. The molecular formula is C13H20N2. The van der Waals surface area contributed by atoms with Crippen molar-refractivity contribution in [3.8, 4) is 0 Å². The summed E-state index contributed by atoms with van der Waals surface area (Å²) in [6.07, 6.45) is 7.17. The van der Waals surface area contributed by atoms with Crippen molar-refractivity contribution < 1.29 is 0 Å². The van der Waals surface area contributed by atoms with Gasteiger partial charge in [0.25, 0.3) is 0 Å². The topological polar surface area (TPSA) is 16.1 Å². The fourth-order valence-corrected chi connectivity index (χ4v) is 2.46. The Morgan fingerprint density at radius 1 is 1.27 bits per heavy atom.